The zero-order valence-corrected chi connectivity index (χ0v) is 11.0. The van der Waals surface area contributed by atoms with Gasteiger partial charge in [0.05, 0.1) is 19.1 Å². The quantitative estimate of drug-likeness (QED) is 0.901. The Morgan fingerprint density at radius 1 is 1.37 bits per heavy atom. The second-order valence-corrected chi connectivity index (χ2v) is 4.71. The van der Waals surface area contributed by atoms with Crippen LogP contribution in [0.3, 0.4) is 0 Å². The topological polar surface area (TPSA) is 66.8 Å². The van der Waals surface area contributed by atoms with Gasteiger partial charge in [-0.3, -0.25) is 9.59 Å². The number of piperidine rings is 1. The van der Waals surface area contributed by atoms with Crippen LogP contribution >= 0.6 is 0 Å². The van der Waals surface area contributed by atoms with E-state index in [4.69, 9.17) is 4.74 Å². The molecule has 1 N–H and O–H groups in total. The van der Waals surface area contributed by atoms with Crippen LogP contribution in [0, 0.1) is 5.92 Å². The van der Waals surface area contributed by atoms with Crippen LogP contribution in [-0.2, 0) is 9.59 Å². The predicted octanol–water partition coefficient (Wildman–Crippen LogP) is 1.69. The third kappa shape index (κ3) is 2.54. The second-order valence-electron chi connectivity index (χ2n) is 4.71. The molecule has 102 valence electrons. The van der Waals surface area contributed by atoms with E-state index in [0.717, 1.165) is 5.56 Å². The molecule has 1 aliphatic heterocycles. The van der Waals surface area contributed by atoms with Crippen LogP contribution in [0.15, 0.2) is 24.3 Å². The van der Waals surface area contributed by atoms with Crippen molar-refractivity contribution in [3.05, 3.63) is 29.8 Å². The number of hydrogen-bond donors (Lipinski definition) is 1. The van der Waals surface area contributed by atoms with Crippen LogP contribution in [0.5, 0.6) is 5.75 Å². The van der Waals surface area contributed by atoms with Crippen LogP contribution in [0.25, 0.3) is 0 Å². The number of aliphatic carboxylic acids is 1. The van der Waals surface area contributed by atoms with Gasteiger partial charge in [0.25, 0.3) is 0 Å². The summed E-state index contributed by atoms with van der Waals surface area (Å²) in [5.74, 6) is -0.727. The number of carboxylic acids is 1. The highest BCUT2D eigenvalue weighted by Gasteiger charge is 2.38. The molecule has 0 bridgehead atoms. The second kappa shape index (κ2) is 5.30. The van der Waals surface area contributed by atoms with Crippen LogP contribution in [0.4, 0.5) is 0 Å². The Morgan fingerprint density at radius 2 is 2.00 bits per heavy atom. The van der Waals surface area contributed by atoms with Crippen LogP contribution < -0.4 is 4.74 Å². The molecule has 0 aliphatic carbocycles. The monoisotopic (exact) mass is 263 g/mol. The average molecular weight is 263 g/mol. The summed E-state index contributed by atoms with van der Waals surface area (Å²) in [5, 5.41) is 9.31. The van der Waals surface area contributed by atoms with E-state index in [1.165, 1.54) is 4.90 Å². The third-order valence-electron chi connectivity index (χ3n) is 3.64. The normalized spacial score (nSPS) is 23.3. The molecule has 1 heterocycles. The van der Waals surface area contributed by atoms with Crippen LogP contribution in [-0.4, -0.2) is 36.0 Å². The molecule has 5 nitrogen and oxygen atoms in total. The van der Waals surface area contributed by atoms with E-state index in [9.17, 15) is 14.7 Å². The molecule has 0 aromatic heterocycles. The number of benzene rings is 1. The maximum absolute atomic E-state index is 11.8. The number of methoxy groups -OCH3 is 1. The molecule has 0 saturated carbocycles. The zero-order chi connectivity index (χ0) is 14.0. The van der Waals surface area contributed by atoms with Crippen LogP contribution in [0.2, 0.25) is 0 Å². The summed E-state index contributed by atoms with van der Waals surface area (Å²) >= 11 is 0. The Kier molecular flexibility index (Phi) is 3.74. The van der Waals surface area contributed by atoms with Gasteiger partial charge in [-0.15, -0.1) is 0 Å². The van der Waals surface area contributed by atoms with Gasteiger partial charge in [0, 0.05) is 13.5 Å². The number of amides is 1. The van der Waals surface area contributed by atoms with Gasteiger partial charge in [-0.05, 0) is 24.1 Å². The lowest BCUT2D eigenvalue weighted by Crippen LogP contribution is -2.42. The lowest BCUT2D eigenvalue weighted by atomic mass is 9.84. The molecule has 1 amide bonds. The van der Waals surface area contributed by atoms with E-state index in [1.54, 1.807) is 26.3 Å². The molecule has 1 aliphatic rings. The van der Waals surface area contributed by atoms with E-state index >= 15 is 0 Å². The van der Waals surface area contributed by atoms with Gasteiger partial charge in [-0.1, -0.05) is 12.1 Å². The molecule has 1 saturated heterocycles. The van der Waals surface area contributed by atoms with E-state index < -0.39 is 17.9 Å². The number of ether oxygens (including phenoxy) is 1. The van der Waals surface area contributed by atoms with Gasteiger partial charge in [0.1, 0.15) is 5.75 Å². The molecule has 1 aromatic rings. The van der Waals surface area contributed by atoms with Crippen molar-refractivity contribution in [2.75, 3.05) is 14.2 Å². The summed E-state index contributed by atoms with van der Waals surface area (Å²) in [5.41, 5.74) is 0.823. The summed E-state index contributed by atoms with van der Waals surface area (Å²) in [6.07, 6.45) is 0.676. The average Bonchev–Trinajstić information content (AvgIpc) is 2.41. The first-order chi connectivity index (χ1) is 9.04. The lowest BCUT2D eigenvalue weighted by Gasteiger charge is -2.37. The third-order valence-corrected chi connectivity index (χ3v) is 3.64. The minimum absolute atomic E-state index is 0.0154. The Hall–Kier alpha value is -2.04. The number of hydrogen-bond acceptors (Lipinski definition) is 3. The molecule has 0 spiro atoms. The first-order valence-corrected chi connectivity index (χ1v) is 6.17. The fourth-order valence-electron chi connectivity index (χ4n) is 2.55. The number of carboxylic acid groups (broad SMARTS) is 1. The molecule has 1 aromatic carbocycles. The van der Waals surface area contributed by atoms with Crippen molar-refractivity contribution in [2.24, 2.45) is 5.92 Å². The number of carbonyl (C=O) groups excluding carboxylic acids is 1. The Labute approximate surface area is 111 Å². The number of nitrogens with zero attached hydrogens (tertiary/aromatic N) is 1. The van der Waals surface area contributed by atoms with Crippen molar-refractivity contribution in [3.63, 3.8) is 0 Å². The van der Waals surface area contributed by atoms with Crippen molar-refractivity contribution in [1.29, 1.82) is 0 Å². The largest absolute Gasteiger partial charge is 0.497 e. The van der Waals surface area contributed by atoms with E-state index in [1.807, 2.05) is 12.1 Å². The molecule has 1 fully saturated rings. The summed E-state index contributed by atoms with van der Waals surface area (Å²) in [4.78, 5) is 24.7. The van der Waals surface area contributed by atoms with Gasteiger partial charge in [-0.25, -0.2) is 0 Å². The SMILES string of the molecule is COc1ccc([C@H]2[C@@H](C(=O)O)CCC(=O)N2C)cc1. The lowest BCUT2D eigenvalue weighted by molar-refractivity contribution is -0.150. The Balaban J connectivity index is 2.34. The molecule has 5 heteroatoms. The van der Waals surface area contributed by atoms with Gasteiger partial charge in [-0.2, -0.15) is 0 Å². The summed E-state index contributed by atoms with van der Waals surface area (Å²) in [6, 6.07) is 6.77. The predicted molar refractivity (Wildman–Crippen MR) is 68.9 cm³/mol. The summed E-state index contributed by atoms with van der Waals surface area (Å²) in [7, 11) is 3.23. The van der Waals surface area contributed by atoms with Gasteiger partial charge in [0.2, 0.25) is 5.91 Å². The highest BCUT2D eigenvalue weighted by Crippen LogP contribution is 2.36. The molecule has 0 radical (unpaired) electrons. The minimum Gasteiger partial charge on any atom is -0.497 e. The van der Waals surface area contributed by atoms with Crippen molar-refractivity contribution in [2.45, 2.75) is 18.9 Å². The number of rotatable bonds is 3. The molecular formula is C14H17NO4. The number of carbonyl (C=O) groups is 2. The van der Waals surface area contributed by atoms with Crippen molar-refractivity contribution >= 4 is 11.9 Å². The van der Waals surface area contributed by atoms with Gasteiger partial charge < -0.3 is 14.7 Å². The zero-order valence-electron chi connectivity index (χ0n) is 11.0. The summed E-state index contributed by atoms with van der Waals surface area (Å²) < 4.78 is 5.08. The van der Waals surface area contributed by atoms with E-state index in [-0.39, 0.29) is 5.91 Å². The van der Waals surface area contributed by atoms with E-state index in [0.29, 0.717) is 18.6 Å². The maximum Gasteiger partial charge on any atom is 0.308 e. The van der Waals surface area contributed by atoms with E-state index in [2.05, 4.69) is 0 Å². The molecular weight excluding hydrogens is 246 g/mol. The first-order valence-electron chi connectivity index (χ1n) is 6.17. The van der Waals surface area contributed by atoms with Crippen LogP contribution in [0.1, 0.15) is 24.4 Å². The first kappa shape index (κ1) is 13.4. The molecule has 19 heavy (non-hydrogen) atoms. The number of likely N-dealkylation sites (tertiary alicyclic amines) is 1. The van der Waals surface area contributed by atoms with Crippen molar-refractivity contribution in [1.82, 2.24) is 4.90 Å². The molecule has 2 rings (SSSR count). The Bertz CT molecular complexity index is 483. The Morgan fingerprint density at radius 3 is 2.53 bits per heavy atom. The molecule has 2 atom stereocenters. The van der Waals surface area contributed by atoms with Crippen molar-refractivity contribution < 1.29 is 19.4 Å². The smallest absolute Gasteiger partial charge is 0.308 e. The maximum atomic E-state index is 11.8. The van der Waals surface area contributed by atoms with Gasteiger partial charge in [0.15, 0.2) is 0 Å². The van der Waals surface area contributed by atoms with Crippen molar-refractivity contribution in [3.8, 4) is 5.75 Å². The fourth-order valence-corrected chi connectivity index (χ4v) is 2.55. The highest BCUT2D eigenvalue weighted by atomic mass is 16.5. The van der Waals surface area contributed by atoms with Gasteiger partial charge >= 0.3 is 5.97 Å². The molecule has 0 unspecified atom stereocenters. The standard InChI is InChI=1S/C14H17NO4/c1-15-12(16)8-7-11(14(17)18)13(15)9-3-5-10(19-2)6-4-9/h3-6,11,13H,7-8H2,1-2H3,(H,17,18)/t11-,13-/m0/s1. The highest BCUT2D eigenvalue weighted by molar-refractivity contribution is 5.81. The minimum atomic E-state index is -0.861. The summed E-state index contributed by atoms with van der Waals surface area (Å²) in [6.45, 7) is 0. The fraction of sp³-hybridized carbons (Fsp3) is 0.429.